The number of rotatable bonds is 4. The summed E-state index contributed by atoms with van der Waals surface area (Å²) >= 11 is 0. The zero-order valence-corrected chi connectivity index (χ0v) is 8.82. The molecule has 82 valence electrons. The van der Waals surface area contributed by atoms with Crippen LogP contribution in [0.15, 0.2) is 0 Å². The molecule has 1 heterocycles. The molecule has 14 heavy (non-hydrogen) atoms. The SMILES string of the molecule is CCCC(C)OC(=O)[C@@H]1CC(O)CN1. The Balaban J connectivity index is 2.27. The first-order valence-electron chi connectivity index (χ1n) is 5.25. The van der Waals surface area contributed by atoms with E-state index in [1.54, 1.807) is 0 Å². The molecular formula is C10H19NO3. The van der Waals surface area contributed by atoms with Crippen LogP contribution in [0.2, 0.25) is 0 Å². The predicted molar refractivity (Wildman–Crippen MR) is 52.9 cm³/mol. The molecule has 1 rings (SSSR count). The topological polar surface area (TPSA) is 58.6 Å². The lowest BCUT2D eigenvalue weighted by atomic mass is 10.2. The van der Waals surface area contributed by atoms with Gasteiger partial charge >= 0.3 is 5.97 Å². The molecular weight excluding hydrogens is 182 g/mol. The highest BCUT2D eigenvalue weighted by Gasteiger charge is 2.29. The Morgan fingerprint density at radius 1 is 1.71 bits per heavy atom. The van der Waals surface area contributed by atoms with Gasteiger partial charge in [0.2, 0.25) is 0 Å². The van der Waals surface area contributed by atoms with Gasteiger partial charge in [-0.25, -0.2) is 0 Å². The van der Waals surface area contributed by atoms with Crippen LogP contribution < -0.4 is 5.32 Å². The normalized spacial score (nSPS) is 28.8. The van der Waals surface area contributed by atoms with E-state index in [1.807, 2.05) is 6.92 Å². The summed E-state index contributed by atoms with van der Waals surface area (Å²) in [4.78, 5) is 11.5. The summed E-state index contributed by atoms with van der Waals surface area (Å²) in [5.74, 6) is -0.234. The van der Waals surface area contributed by atoms with Crippen LogP contribution in [0.3, 0.4) is 0 Å². The van der Waals surface area contributed by atoms with E-state index in [-0.39, 0.29) is 18.1 Å². The Hall–Kier alpha value is -0.610. The summed E-state index contributed by atoms with van der Waals surface area (Å²) in [5.41, 5.74) is 0. The van der Waals surface area contributed by atoms with Crippen molar-refractivity contribution in [3.63, 3.8) is 0 Å². The van der Waals surface area contributed by atoms with E-state index in [2.05, 4.69) is 12.2 Å². The predicted octanol–water partition coefficient (Wildman–Crippen LogP) is 0.441. The monoisotopic (exact) mass is 201 g/mol. The minimum absolute atomic E-state index is 0.0213. The van der Waals surface area contributed by atoms with Crippen LogP contribution in [0.25, 0.3) is 0 Å². The lowest BCUT2D eigenvalue weighted by molar-refractivity contribution is -0.150. The van der Waals surface area contributed by atoms with Gasteiger partial charge in [-0.05, 0) is 13.3 Å². The van der Waals surface area contributed by atoms with Crippen molar-refractivity contribution < 1.29 is 14.6 Å². The Morgan fingerprint density at radius 3 is 2.93 bits per heavy atom. The van der Waals surface area contributed by atoms with Gasteiger partial charge in [-0.2, -0.15) is 0 Å². The second-order valence-corrected chi connectivity index (χ2v) is 3.89. The highest BCUT2D eigenvalue weighted by molar-refractivity contribution is 5.76. The molecule has 1 saturated heterocycles. The van der Waals surface area contributed by atoms with Gasteiger partial charge in [0.05, 0.1) is 12.2 Å². The fourth-order valence-corrected chi connectivity index (χ4v) is 1.64. The summed E-state index contributed by atoms with van der Waals surface area (Å²) < 4.78 is 5.21. The molecule has 1 aliphatic heterocycles. The van der Waals surface area contributed by atoms with Gasteiger partial charge < -0.3 is 15.2 Å². The number of ether oxygens (including phenoxy) is 1. The van der Waals surface area contributed by atoms with Crippen molar-refractivity contribution in [2.24, 2.45) is 0 Å². The number of hydrogen-bond acceptors (Lipinski definition) is 4. The van der Waals surface area contributed by atoms with Gasteiger partial charge in [0.15, 0.2) is 0 Å². The third-order valence-electron chi connectivity index (χ3n) is 2.40. The second kappa shape index (κ2) is 5.32. The minimum atomic E-state index is -0.408. The van der Waals surface area contributed by atoms with Gasteiger partial charge in [0.1, 0.15) is 6.04 Å². The maximum atomic E-state index is 11.5. The molecule has 0 spiro atoms. The van der Waals surface area contributed by atoms with E-state index in [9.17, 15) is 9.90 Å². The molecule has 0 amide bonds. The lowest BCUT2D eigenvalue weighted by Crippen LogP contribution is -2.34. The third-order valence-corrected chi connectivity index (χ3v) is 2.40. The van der Waals surface area contributed by atoms with Crippen LogP contribution in [-0.4, -0.2) is 35.9 Å². The molecule has 2 N–H and O–H groups in total. The van der Waals surface area contributed by atoms with Crippen molar-refractivity contribution in [2.45, 2.75) is 51.4 Å². The Bertz CT molecular complexity index is 196. The molecule has 0 aromatic rings. The third kappa shape index (κ3) is 3.27. The number of nitrogens with one attached hydrogen (secondary N) is 1. The van der Waals surface area contributed by atoms with Crippen molar-refractivity contribution >= 4 is 5.97 Å². The molecule has 3 atom stereocenters. The van der Waals surface area contributed by atoms with Gasteiger partial charge in [-0.3, -0.25) is 4.79 Å². The van der Waals surface area contributed by atoms with Crippen molar-refractivity contribution in [3.8, 4) is 0 Å². The molecule has 1 aliphatic rings. The van der Waals surface area contributed by atoms with E-state index in [0.29, 0.717) is 13.0 Å². The van der Waals surface area contributed by atoms with Gasteiger partial charge in [0, 0.05) is 13.0 Å². The van der Waals surface area contributed by atoms with E-state index < -0.39 is 6.10 Å². The maximum absolute atomic E-state index is 11.5. The van der Waals surface area contributed by atoms with Crippen LogP contribution in [0.5, 0.6) is 0 Å². The molecule has 0 radical (unpaired) electrons. The van der Waals surface area contributed by atoms with E-state index >= 15 is 0 Å². The molecule has 0 bridgehead atoms. The largest absolute Gasteiger partial charge is 0.462 e. The molecule has 1 fully saturated rings. The smallest absolute Gasteiger partial charge is 0.323 e. The Kier molecular flexibility index (Phi) is 4.35. The molecule has 0 saturated carbocycles. The Labute approximate surface area is 84.6 Å². The number of esters is 1. The summed E-state index contributed by atoms with van der Waals surface area (Å²) in [5, 5.41) is 12.1. The molecule has 4 heteroatoms. The van der Waals surface area contributed by atoms with Crippen molar-refractivity contribution in [1.29, 1.82) is 0 Å². The summed E-state index contributed by atoms with van der Waals surface area (Å²) in [7, 11) is 0. The van der Waals surface area contributed by atoms with E-state index in [1.165, 1.54) is 0 Å². The molecule has 0 aromatic carbocycles. The van der Waals surface area contributed by atoms with E-state index in [4.69, 9.17) is 4.74 Å². The molecule has 2 unspecified atom stereocenters. The number of carbonyl (C=O) groups excluding carboxylic acids is 1. The van der Waals surface area contributed by atoms with E-state index in [0.717, 1.165) is 12.8 Å². The quantitative estimate of drug-likeness (QED) is 0.648. The first kappa shape index (κ1) is 11.5. The lowest BCUT2D eigenvalue weighted by Gasteiger charge is -2.15. The number of β-amino-alcohol motifs (C(OH)–C–C–N with tert-alkyl or cyclic N) is 1. The second-order valence-electron chi connectivity index (χ2n) is 3.89. The highest BCUT2D eigenvalue weighted by Crippen LogP contribution is 2.10. The zero-order chi connectivity index (χ0) is 10.6. The Morgan fingerprint density at radius 2 is 2.43 bits per heavy atom. The molecule has 0 aliphatic carbocycles. The van der Waals surface area contributed by atoms with Crippen LogP contribution in [0.4, 0.5) is 0 Å². The summed E-state index contributed by atoms with van der Waals surface area (Å²) in [6.07, 6.45) is 1.94. The summed E-state index contributed by atoms with van der Waals surface area (Å²) in [6.45, 7) is 4.44. The van der Waals surface area contributed by atoms with Crippen molar-refractivity contribution in [3.05, 3.63) is 0 Å². The van der Waals surface area contributed by atoms with Crippen molar-refractivity contribution in [2.75, 3.05) is 6.54 Å². The first-order valence-corrected chi connectivity index (χ1v) is 5.25. The average molecular weight is 201 g/mol. The minimum Gasteiger partial charge on any atom is -0.462 e. The van der Waals surface area contributed by atoms with Gasteiger partial charge in [0.25, 0.3) is 0 Å². The van der Waals surface area contributed by atoms with Crippen molar-refractivity contribution in [1.82, 2.24) is 5.32 Å². The van der Waals surface area contributed by atoms with Gasteiger partial charge in [-0.15, -0.1) is 0 Å². The number of aliphatic hydroxyl groups excluding tert-OH is 1. The van der Waals surface area contributed by atoms with Crippen LogP contribution in [0, 0.1) is 0 Å². The maximum Gasteiger partial charge on any atom is 0.323 e. The number of carbonyl (C=O) groups is 1. The first-order chi connectivity index (χ1) is 6.63. The molecule has 4 nitrogen and oxygen atoms in total. The zero-order valence-electron chi connectivity index (χ0n) is 8.82. The van der Waals surface area contributed by atoms with Crippen LogP contribution >= 0.6 is 0 Å². The number of aliphatic hydroxyl groups is 1. The fourth-order valence-electron chi connectivity index (χ4n) is 1.64. The fraction of sp³-hybridized carbons (Fsp3) is 0.900. The van der Waals surface area contributed by atoms with Crippen LogP contribution in [0.1, 0.15) is 33.1 Å². The number of hydrogen-bond donors (Lipinski definition) is 2. The summed E-state index contributed by atoms with van der Waals surface area (Å²) in [6, 6.07) is -0.315. The molecule has 0 aromatic heterocycles. The standard InChI is InChI=1S/C10H19NO3/c1-3-4-7(2)14-10(13)9-5-8(12)6-11-9/h7-9,11-12H,3-6H2,1-2H3/t7?,8?,9-/m0/s1. The van der Waals surface area contributed by atoms with Crippen LogP contribution in [-0.2, 0) is 9.53 Å². The van der Waals surface area contributed by atoms with Gasteiger partial charge in [-0.1, -0.05) is 13.3 Å². The average Bonchev–Trinajstić information content (AvgIpc) is 2.52. The highest BCUT2D eigenvalue weighted by atomic mass is 16.5.